The van der Waals surface area contributed by atoms with Crippen LogP contribution >= 0.6 is 0 Å². The first-order valence-corrected chi connectivity index (χ1v) is 9.44. The van der Waals surface area contributed by atoms with Crippen molar-refractivity contribution in [3.05, 3.63) is 59.9 Å². The molecule has 0 atom stereocenters. The molecule has 0 spiro atoms. The Morgan fingerprint density at radius 1 is 1.07 bits per heavy atom. The molecular weight excluding hydrogens is 370 g/mol. The molecule has 0 radical (unpaired) electrons. The van der Waals surface area contributed by atoms with Gasteiger partial charge in [0, 0.05) is 31.5 Å². The van der Waals surface area contributed by atoms with Crippen molar-refractivity contribution in [1.29, 1.82) is 0 Å². The van der Waals surface area contributed by atoms with Gasteiger partial charge >= 0.3 is 5.97 Å². The van der Waals surface area contributed by atoms with Crippen molar-refractivity contribution in [3.63, 3.8) is 0 Å². The number of esters is 1. The zero-order chi connectivity index (χ0) is 20.8. The minimum Gasteiger partial charge on any atom is -0.469 e. The van der Waals surface area contributed by atoms with Crippen LogP contribution in [0.3, 0.4) is 0 Å². The third-order valence-corrected chi connectivity index (χ3v) is 4.75. The number of imidazole rings is 1. The summed E-state index contributed by atoms with van der Waals surface area (Å²) < 4.78 is 11.8. The highest BCUT2D eigenvalue weighted by Crippen LogP contribution is 2.23. The minimum absolute atomic E-state index is 0.135. The number of nitrogens with zero attached hydrogens (tertiary/aromatic N) is 3. The molecule has 0 N–H and O–H groups in total. The van der Waals surface area contributed by atoms with Crippen molar-refractivity contribution in [2.24, 2.45) is 0 Å². The number of rotatable bonds is 8. The zero-order valence-corrected chi connectivity index (χ0v) is 16.9. The normalized spacial score (nSPS) is 10.9. The molecule has 0 aliphatic heterocycles. The molecule has 29 heavy (non-hydrogen) atoms. The number of hydrogen-bond donors (Lipinski definition) is 0. The Morgan fingerprint density at radius 2 is 1.83 bits per heavy atom. The topological polar surface area (TPSA) is 73.7 Å². The summed E-state index contributed by atoms with van der Waals surface area (Å²) in [5.74, 6) is 0.324. The number of aromatic nitrogens is 2. The molecule has 7 heteroatoms. The third-order valence-electron chi connectivity index (χ3n) is 4.75. The fourth-order valence-corrected chi connectivity index (χ4v) is 3.26. The molecule has 3 rings (SSSR count). The zero-order valence-electron chi connectivity index (χ0n) is 16.9. The van der Waals surface area contributed by atoms with Crippen LogP contribution < -0.4 is 0 Å². The number of ether oxygens (including phenoxy) is 2. The van der Waals surface area contributed by atoms with Crippen LogP contribution in [0, 0.1) is 6.92 Å². The lowest BCUT2D eigenvalue weighted by molar-refractivity contribution is -0.140. The molecule has 0 aliphatic rings. The molecule has 1 amide bonds. The largest absolute Gasteiger partial charge is 0.469 e. The summed E-state index contributed by atoms with van der Waals surface area (Å²) in [4.78, 5) is 30.8. The summed E-state index contributed by atoms with van der Waals surface area (Å²) >= 11 is 0. The second kappa shape index (κ2) is 9.34. The first-order chi connectivity index (χ1) is 14.0. The monoisotopic (exact) mass is 395 g/mol. The van der Waals surface area contributed by atoms with Gasteiger partial charge in [0.05, 0.1) is 31.2 Å². The van der Waals surface area contributed by atoms with Crippen molar-refractivity contribution in [2.75, 3.05) is 33.9 Å². The third kappa shape index (κ3) is 4.63. The molecule has 0 fully saturated rings. The number of fused-ring (bicyclic) bond motifs is 1. The minimum atomic E-state index is -0.354. The van der Waals surface area contributed by atoms with Gasteiger partial charge in [0.25, 0.3) is 5.91 Å². The van der Waals surface area contributed by atoms with Crippen LogP contribution in [0.25, 0.3) is 16.7 Å². The quantitative estimate of drug-likeness (QED) is 0.548. The van der Waals surface area contributed by atoms with E-state index in [0.29, 0.717) is 18.7 Å². The van der Waals surface area contributed by atoms with Gasteiger partial charge in [-0.15, -0.1) is 0 Å². The van der Waals surface area contributed by atoms with E-state index in [2.05, 4.69) is 14.3 Å². The number of para-hydroxylation sites is 1. The van der Waals surface area contributed by atoms with Crippen molar-refractivity contribution in [2.45, 2.75) is 13.3 Å². The van der Waals surface area contributed by atoms with Gasteiger partial charge in [0.15, 0.2) is 0 Å². The van der Waals surface area contributed by atoms with Crippen LogP contribution in [0.15, 0.2) is 48.5 Å². The second-order valence-electron chi connectivity index (χ2n) is 6.64. The Hall–Kier alpha value is -3.19. The molecule has 1 heterocycles. The van der Waals surface area contributed by atoms with Gasteiger partial charge in [-0.2, -0.15) is 0 Å². The summed E-state index contributed by atoms with van der Waals surface area (Å²) in [5, 5.41) is 0. The predicted molar refractivity (Wildman–Crippen MR) is 110 cm³/mol. The predicted octanol–water partition coefficient (Wildman–Crippen LogP) is 2.99. The van der Waals surface area contributed by atoms with Crippen LogP contribution in [0.2, 0.25) is 0 Å². The van der Waals surface area contributed by atoms with Crippen LogP contribution in [-0.2, 0) is 14.3 Å². The summed E-state index contributed by atoms with van der Waals surface area (Å²) in [6, 6.07) is 15.5. The van der Waals surface area contributed by atoms with Crippen LogP contribution in [0.1, 0.15) is 22.6 Å². The van der Waals surface area contributed by atoms with E-state index in [9.17, 15) is 9.59 Å². The SMILES string of the molecule is COCCN(CCC(=O)OC)C(=O)c1ccc2c(c1)nc(C)n2-c1ccccc1. The summed E-state index contributed by atoms with van der Waals surface area (Å²) in [7, 11) is 2.91. The highest BCUT2D eigenvalue weighted by atomic mass is 16.5. The van der Waals surface area contributed by atoms with E-state index in [1.807, 2.05) is 43.3 Å². The van der Waals surface area contributed by atoms with Gasteiger partial charge in [0.2, 0.25) is 0 Å². The van der Waals surface area contributed by atoms with Gasteiger partial charge in [-0.3, -0.25) is 14.2 Å². The molecule has 0 bridgehead atoms. The van der Waals surface area contributed by atoms with Gasteiger partial charge in [-0.1, -0.05) is 18.2 Å². The van der Waals surface area contributed by atoms with Crippen molar-refractivity contribution in [1.82, 2.24) is 14.5 Å². The first kappa shape index (κ1) is 20.5. The van der Waals surface area contributed by atoms with E-state index >= 15 is 0 Å². The number of aryl methyl sites for hydroxylation is 1. The Labute approximate surface area is 169 Å². The van der Waals surface area contributed by atoms with E-state index in [1.54, 1.807) is 24.1 Å². The number of amides is 1. The fourth-order valence-electron chi connectivity index (χ4n) is 3.26. The molecule has 3 aromatic rings. The lowest BCUT2D eigenvalue weighted by Crippen LogP contribution is -2.35. The number of hydrogen-bond acceptors (Lipinski definition) is 5. The van der Waals surface area contributed by atoms with E-state index in [0.717, 1.165) is 22.5 Å². The van der Waals surface area contributed by atoms with Crippen molar-refractivity contribution in [3.8, 4) is 5.69 Å². The molecular formula is C22H25N3O4. The van der Waals surface area contributed by atoms with Gasteiger partial charge in [0.1, 0.15) is 5.82 Å². The van der Waals surface area contributed by atoms with Crippen molar-refractivity contribution < 1.29 is 19.1 Å². The standard InChI is InChI=1S/C22H25N3O4/c1-16-23-19-15-17(9-10-20(19)25(16)18-7-5-4-6-8-18)22(27)24(13-14-28-2)12-11-21(26)29-3/h4-10,15H,11-14H2,1-3H3. The van der Waals surface area contributed by atoms with Gasteiger partial charge < -0.3 is 14.4 Å². The van der Waals surface area contributed by atoms with Crippen molar-refractivity contribution >= 4 is 22.9 Å². The molecule has 0 saturated carbocycles. The molecule has 0 saturated heterocycles. The fraction of sp³-hybridized carbons (Fsp3) is 0.318. The summed E-state index contributed by atoms with van der Waals surface area (Å²) in [6.45, 7) is 2.99. The lowest BCUT2D eigenvalue weighted by atomic mass is 10.1. The maximum Gasteiger partial charge on any atom is 0.307 e. The average Bonchev–Trinajstić information content (AvgIpc) is 3.08. The molecule has 0 unspecified atom stereocenters. The van der Waals surface area contributed by atoms with Crippen LogP contribution in [0.5, 0.6) is 0 Å². The van der Waals surface area contributed by atoms with E-state index in [1.165, 1.54) is 7.11 Å². The maximum absolute atomic E-state index is 13.0. The highest BCUT2D eigenvalue weighted by Gasteiger charge is 2.19. The number of carbonyl (C=O) groups excluding carboxylic acids is 2. The number of methoxy groups -OCH3 is 2. The number of benzene rings is 2. The van der Waals surface area contributed by atoms with Gasteiger partial charge in [-0.25, -0.2) is 4.98 Å². The van der Waals surface area contributed by atoms with E-state index < -0.39 is 0 Å². The Morgan fingerprint density at radius 3 is 2.52 bits per heavy atom. The lowest BCUT2D eigenvalue weighted by Gasteiger charge is -2.22. The van der Waals surface area contributed by atoms with Crippen LogP contribution in [-0.4, -0.2) is 60.2 Å². The van der Waals surface area contributed by atoms with E-state index in [-0.39, 0.29) is 24.8 Å². The Balaban J connectivity index is 1.90. The Kier molecular flexibility index (Phi) is 6.61. The first-order valence-electron chi connectivity index (χ1n) is 9.44. The molecule has 7 nitrogen and oxygen atoms in total. The molecule has 152 valence electrons. The highest BCUT2D eigenvalue weighted by molar-refractivity contribution is 5.97. The molecule has 0 aliphatic carbocycles. The summed E-state index contributed by atoms with van der Waals surface area (Å²) in [6.07, 6.45) is 0.135. The average molecular weight is 395 g/mol. The maximum atomic E-state index is 13.0. The smallest absolute Gasteiger partial charge is 0.307 e. The van der Waals surface area contributed by atoms with E-state index in [4.69, 9.17) is 4.74 Å². The summed E-state index contributed by atoms with van der Waals surface area (Å²) in [5.41, 5.74) is 3.22. The molecule has 2 aromatic carbocycles. The van der Waals surface area contributed by atoms with Gasteiger partial charge in [-0.05, 0) is 37.3 Å². The van der Waals surface area contributed by atoms with Crippen LogP contribution in [0.4, 0.5) is 0 Å². The second-order valence-corrected chi connectivity index (χ2v) is 6.64. The molecule has 1 aromatic heterocycles. The number of carbonyl (C=O) groups is 2. The Bertz CT molecular complexity index is 998.